The second kappa shape index (κ2) is 6.69. The van der Waals surface area contributed by atoms with Crippen molar-refractivity contribution in [3.63, 3.8) is 0 Å². The molecule has 1 aromatic carbocycles. The summed E-state index contributed by atoms with van der Waals surface area (Å²) in [6.45, 7) is 1.62. The number of nitrogens with one attached hydrogen (secondary N) is 2. The Morgan fingerprint density at radius 1 is 1.15 bits per heavy atom. The molecule has 3 N–H and O–H groups in total. The van der Waals surface area contributed by atoms with Crippen LogP contribution in [0.3, 0.4) is 0 Å². The minimum Gasteiger partial charge on any atom is -0.493 e. The predicted molar refractivity (Wildman–Crippen MR) is 89.4 cm³/mol. The van der Waals surface area contributed by atoms with Gasteiger partial charge in [-0.05, 0) is 18.9 Å². The first kappa shape index (κ1) is 14.8. The lowest BCUT2D eigenvalue weighted by molar-refractivity contribution is 0.459. The molecule has 0 amide bonds. The van der Waals surface area contributed by atoms with E-state index < -0.39 is 0 Å². The molecule has 1 aromatic heterocycles. The summed E-state index contributed by atoms with van der Waals surface area (Å²) in [7, 11) is 0. The lowest BCUT2D eigenvalue weighted by Crippen LogP contribution is -2.20. The molecule has 0 saturated carbocycles. The standard InChI is InChI=1S/C13H15N5O.HI/c19-12-11(9-5-1-2-6-10(9)16-12)17-18-13-14-7-3-4-8-15-13;/h1-2,5-6,16,19H,3-4,7-8H2,(H,14,15);1H. The molecule has 1 aliphatic rings. The van der Waals surface area contributed by atoms with Gasteiger partial charge in [0.15, 0.2) is 5.69 Å². The van der Waals surface area contributed by atoms with Gasteiger partial charge < -0.3 is 15.4 Å². The third-order valence-electron chi connectivity index (χ3n) is 3.03. The Bertz CT molecular complexity index is 649. The van der Waals surface area contributed by atoms with E-state index in [2.05, 4.69) is 25.5 Å². The third kappa shape index (κ3) is 3.09. The van der Waals surface area contributed by atoms with Crippen LogP contribution in [0.2, 0.25) is 0 Å². The van der Waals surface area contributed by atoms with Crippen LogP contribution in [-0.2, 0) is 0 Å². The Morgan fingerprint density at radius 3 is 2.90 bits per heavy atom. The van der Waals surface area contributed by atoms with E-state index in [1.807, 2.05) is 24.3 Å². The molecule has 0 aliphatic carbocycles. The third-order valence-corrected chi connectivity index (χ3v) is 3.03. The zero-order valence-electron chi connectivity index (χ0n) is 10.8. The zero-order valence-corrected chi connectivity index (χ0v) is 13.2. The molecule has 7 heteroatoms. The van der Waals surface area contributed by atoms with E-state index >= 15 is 0 Å². The van der Waals surface area contributed by atoms with E-state index in [0.717, 1.165) is 36.8 Å². The molecular weight excluding hydrogens is 369 g/mol. The van der Waals surface area contributed by atoms with E-state index in [9.17, 15) is 5.11 Å². The molecular formula is C13H16IN5O. The van der Waals surface area contributed by atoms with Gasteiger partial charge in [-0.15, -0.1) is 34.2 Å². The lowest BCUT2D eigenvalue weighted by Gasteiger charge is -1.98. The van der Waals surface area contributed by atoms with Gasteiger partial charge in [-0.25, -0.2) is 0 Å². The molecule has 6 nitrogen and oxygen atoms in total. The smallest absolute Gasteiger partial charge is 0.238 e. The summed E-state index contributed by atoms with van der Waals surface area (Å²) >= 11 is 0. The number of azo groups is 1. The number of aromatic nitrogens is 1. The number of H-pyrrole nitrogens is 1. The summed E-state index contributed by atoms with van der Waals surface area (Å²) in [5, 5.41) is 22.0. The number of fused-ring (bicyclic) bond motifs is 1. The molecule has 0 fully saturated rings. The van der Waals surface area contributed by atoms with Gasteiger partial charge in [0.1, 0.15) is 0 Å². The predicted octanol–water partition coefficient (Wildman–Crippen LogP) is 3.31. The van der Waals surface area contributed by atoms with Crippen molar-refractivity contribution in [2.24, 2.45) is 15.2 Å². The van der Waals surface area contributed by atoms with Crippen LogP contribution in [-0.4, -0.2) is 29.1 Å². The van der Waals surface area contributed by atoms with Gasteiger partial charge in [-0.1, -0.05) is 18.2 Å². The highest BCUT2D eigenvalue weighted by Crippen LogP contribution is 2.35. The van der Waals surface area contributed by atoms with Crippen LogP contribution < -0.4 is 5.32 Å². The average molecular weight is 385 g/mol. The number of aromatic hydroxyl groups is 1. The number of benzene rings is 1. The topological polar surface area (TPSA) is 85.1 Å². The van der Waals surface area contributed by atoms with Crippen LogP contribution in [0, 0.1) is 0 Å². The number of hydrogen-bond acceptors (Lipinski definition) is 5. The highest BCUT2D eigenvalue weighted by molar-refractivity contribution is 14.0. The molecule has 20 heavy (non-hydrogen) atoms. The molecule has 0 unspecified atom stereocenters. The van der Waals surface area contributed by atoms with Crippen LogP contribution in [0.15, 0.2) is 39.5 Å². The summed E-state index contributed by atoms with van der Waals surface area (Å²) in [5.74, 6) is 0.557. The quantitative estimate of drug-likeness (QED) is 0.520. The van der Waals surface area contributed by atoms with E-state index in [4.69, 9.17) is 0 Å². The molecule has 2 heterocycles. The van der Waals surface area contributed by atoms with Crippen molar-refractivity contribution in [3.05, 3.63) is 24.3 Å². The molecule has 0 radical (unpaired) electrons. The summed E-state index contributed by atoms with van der Waals surface area (Å²) in [5.41, 5.74) is 1.29. The minimum atomic E-state index is 0. The number of para-hydroxylation sites is 1. The Kier molecular flexibility index (Phi) is 4.94. The SMILES string of the molecule is I.Oc1[nH]c2ccccc2c1N=NC1=NCCCCN1. The number of nitrogens with zero attached hydrogens (tertiary/aromatic N) is 3. The fourth-order valence-corrected chi connectivity index (χ4v) is 2.06. The van der Waals surface area contributed by atoms with E-state index in [-0.39, 0.29) is 29.9 Å². The minimum absolute atomic E-state index is 0. The molecule has 106 valence electrons. The molecule has 2 aromatic rings. The summed E-state index contributed by atoms with van der Waals surface area (Å²) < 4.78 is 0. The van der Waals surface area contributed by atoms with E-state index in [1.165, 1.54) is 0 Å². The van der Waals surface area contributed by atoms with Crippen LogP contribution >= 0.6 is 24.0 Å². The highest BCUT2D eigenvalue weighted by Gasteiger charge is 2.10. The Balaban J connectivity index is 0.00000147. The summed E-state index contributed by atoms with van der Waals surface area (Å²) in [4.78, 5) is 7.15. The maximum absolute atomic E-state index is 9.85. The fraction of sp³-hybridized carbons (Fsp3) is 0.308. The molecule has 0 spiro atoms. The van der Waals surface area contributed by atoms with E-state index in [0.29, 0.717) is 11.6 Å². The summed E-state index contributed by atoms with van der Waals surface area (Å²) in [6.07, 6.45) is 2.14. The van der Waals surface area contributed by atoms with Gasteiger partial charge in [0, 0.05) is 18.5 Å². The van der Waals surface area contributed by atoms with Crippen LogP contribution in [0.4, 0.5) is 5.69 Å². The number of guanidine groups is 1. The van der Waals surface area contributed by atoms with E-state index in [1.54, 1.807) is 0 Å². The molecule has 0 bridgehead atoms. The van der Waals surface area contributed by atoms with Crippen molar-refractivity contribution < 1.29 is 5.11 Å². The highest BCUT2D eigenvalue weighted by atomic mass is 127. The van der Waals surface area contributed by atoms with Crippen molar-refractivity contribution in [3.8, 4) is 5.88 Å². The maximum Gasteiger partial charge on any atom is 0.238 e. The fourth-order valence-electron chi connectivity index (χ4n) is 2.06. The van der Waals surface area contributed by atoms with Crippen LogP contribution in [0.1, 0.15) is 12.8 Å². The van der Waals surface area contributed by atoms with Crippen molar-refractivity contribution >= 4 is 46.5 Å². The van der Waals surface area contributed by atoms with Crippen LogP contribution in [0.5, 0.6) is 5.88 Å². The second-order valence-corrected chi connectivity index (χ2v) is 4.41. The first-order valence-electron chi connectivity index (χ1n) is 6.34. The van der Waals surface area contributed by atoms with Crippen molar-refractivity contribution in [2.75, 3.05) is 13.1 Å². The Hall–Kier alpha value is -1.64. The van der Waals surface area contributed by atoms with Gasteiger partial charge in [0.05, 0.1) is 5.52 Å². The second-order valence-electron chi connectivity index (χ2n) is 4.41. The Labute approximate surface area is 133 Å². The normalized spacial score (nSPS) is 15.5. The van der Waals surface area contributed by atoms with Crippen LogP contribution in [0.25, 0.3) is 10.9 Å². The number of aliphatic imine (C=N–C) groups is 1. The average Bonchev–Trinajstić information content (AvgIpc) is 2.61. The van der Waals surface area contributed by atoms with Crippen molar-refractivity contribution in [2.45, 2.75) is 12.8 Å². The molecule has 0 saturated heterocycles. The first-order chi connectivity index (χ1) is 9.34. The number of hydrogen-bond donors (Lipinski definition) is 3. The van der Waals surface area contributed by atoms with Gasteiger partial charge >= 0.3 is 0 Å². The first-order valence-corrected chi connectivity index (χ1v) is 6.34. The maximum atomic E-state index is 9.85. The molecule has 3 rings (SSSR count). The molecule has 0 atom stereocenters. The Morgan fingerprint density at radius 2 is 2.00 bits per heavy atom. The largest absolute Gasteiger partial charge is 0.493 e. The zero-order chi connectivity index (χ0) is 13.1. The van der Waals surface area contributed by atoms with Gasteiger partial charge in [-0.2, -0.15) is 0 Å². The monoisotopic (exact) mass is 385 g/mol. The van der Waals surface area contributed by atoms with Crippen molar-refractivity contribution in [1.82, 2.24) is 10.3 Å². The molecule has 1 aliphatic heterocycles. The number of aromatic amines is 1. The number of rotatable bonds is 1. The van der Waals surface area contributed by atoms with Gasteiger partial charge in [0.2, 0.25) is 11.8 Å². The van der Waals surface area contributed by atoms with Crippen molar-refractivity contribution in [1.29, 1.82) is 0 Å². The number of halogens is 1. The van der Waals surface area contributed by atoms with Gasteiger partial charge in [-0.3, -0.25) is 4.99 Å². The summed E-state index contributed by atoms with van der Waals surface area (Å²) in [6, 6.07) is 7.57. The lowest BCUT2D eigenvalue weighted by atomic mass is 10.2. The van der Waals surface area contributed by atoms with Gasteiger partial charge in [0.25, 0.3) is 0 Å².